The minimum atomic E-state index is 0. The van der Waals surface area contributed by atoms with Crippen molar-refractivity contribution < 1.29 is 105 Å². The van der Waals surface area contributed by atoms with Crippen LogP contribution in [-0.4, -0.2) is 8.41 Å². The molecule has 0 aromatic rings. The molecule has 0 N–H and O–H groups in total. The summed E-state index contributed by atoms with van der Waals surface area (Å²) < 4.78 is 0. The third-order valence-corrected chi connectivity index (χ3v) is 0. The summed E-state index contributed by atoms with van der Waals surface area (Å²) in [5, 5.41) is 0. The van der Waals surface area contributed by atoms with Crippen molar-refractivity contribution in [2.45, 2.75) is 0 Å². The zero-order valence-corrected chi connectivity index (χ0v) is 10.5. The van der Waals surface area contributed by atoms with Crippen LogP contribution >= 0.6 is 0 Å². The second-order valence-electron chi connectivity index (χ2n) is 0. The molecule has 0 heterocycles. The van der Waals surface area contributed by atoms with E-state index in [2.05, 4.69) is 0 Å². The molecule has 0 bridgehead atoms. The maximum atomic E-state index is 0. The molecule has 0 nitrogen and oxygen atoms in total. The topological polar surface area (TPSA) is 0 Å². The summed E-state index contributed by atoms with van der Waals surface area (Å²) in [7, 11) is 0. The van der Waals surface area contributed by atoms with Crippen LogP contribution in [0, 0.1) is 0 Å². The summed E-state index contributed by atoms with van der Waals surface area (Å²) in [6, 6.07) is 0. The van der Waals surface area contributed by atoms with Gasteiger partial charge in [-0.1, -0.05) is 8.41 Å². The summed E-state index contributed by atoms with van der Waals surface area (Å²) in [5.41, 5.74) is 0. The van der Waals surface area contributed by atoms with Crippen molar-refractivity contribution in [3.05, 3.63) is 0 Å². The van der Waals surface area contributed by atoms with E-state index in [0.717, 1.165) is 0 Å². The molecule has 0 saturated heterocycles. The van der Waals surface area contributed by atoms with E-state index < -0.39 is 0 Å². The van der Waals surface area contributed by atoms with Gasteiger partial charge in [0.2, 0.25) is 0 Å². The second kappa shape index (κ2) is 62.0. The fourth-order valence-corrected chi connectivity index (χ4v) is 0. The molecule has 40 valence electrons. The van der Waals surface area contributed by atoms with Crippen molar-refractivity contribution in [1.82, 2.24) is 0 Å². The fraction of sp³-hybridized carbons (Fsp3) is 0. The Hall–Kier alpha value is 3.11. The molecular weight excluding hydrogens is 267 g/mol. The van der Waals surface area contributed by atoms with Gasteiger partial charge in [0, 0.05) is 0 Å². The molecule has 0 saturated carbocycles. The zero-order chi connectivity index (χ0) is 0. The fourth-order valence-electron chi connectivity index (χ4n) is 0. The first-order chi connectivity index (χ1) is 0. The monoisotopic (exact) mass is 268 g/mol. The van der Waals surface area contributed by atoms with Crippen LogP contribution in [0.4, 0.5) is 0 Å². The van der Waals surface area contributed by atoms with Crippen LogP contribution in [0.25, 0.3) is 0 Å². The van der Waals surface area contributed by atoms with Crippen molar-refractivity contribution in [1.29, 1.82) is 0 Å². The van der Waals surface area contributed by atoms with E-state index in [1.807, 2.05) is 0 Å². The Morgan fingerprint density at radius 1 is 0.571 bits per heavy atom. The maximum absolute atomic E-state index is 0. The first-order valence-electron chi connectivity index (χ1n) is 0. The standard InChI is InChI=1S/BH4.4ClH.Na.Zr/h1H4;4*1H;;/q-1;;;;;+1;+4/p-4. The Bertz CT molecular complexity index is 11.7. The van der Waals surface area contributed by atoms with E-state index in [0.29, 0.717) is 0 Å². The molecule has 0 atom stereocenters. The Balaban J connectivity index is 0. The Kier molecular flexibility index (Phi) is 769. The van der Waals surface area contributed by atoms with E-state index in [9.17, 15) is 0 Å². The Morgan fingerprint density at radius 3 is 0.571 bits per heavy atom. The van der Waals surface area contributed by atoms with Crippen LogP contribution in [0.1, 0.15) is 0 Å². The smallest absolute Gasteiger partial charge is 1.00 e. The molecule has 0 aromatic heterocycles. The Morgan fingerprint density at radius 2 is 0.571 bits per heavy atom. The van der Waals surface area contributed by atoms with Gasteiger partial charge in [-0.25, -0.2) is 0 Å². The number of halogens is 4. The third-order valence-electron chi connectivity index (χ3n) is 0. The first-order valence-corrected chi connectivity index (χ1v) is 0. The SMILES string of the molecule is [BH4-].[Cl-].[Cl-].[Cl-].[Cl-].[Na+].[Zr+4]. The van der Waals surface area contributed by atoms with E-state index >= 15 is 0 Å². The van der Waals surface area contributed by atoms with Crippen molar-refractivity contribution in [3.63, 3.8) is 0 Å². The minimum Gasteiger partial charge on any atom is -1.00 e. The van der Waals surface area contributed by atoms with Gasteiger partial charge in [-0.15, -0.1) is 0 Å². The molecule has 7 heavy (non-hydrogen) atoms. The van der Waals surface area contributed by atoms with Gasteiger partial charge in [0.05, 0.1) is 0 Å². The molecule has 0 radical (unpaired) electrons. The molecule has 0 aliphatic heterocycles. The quantitative estimate of drug-likeness (QED) is 0.384. The largest absolute Gasteiger partial charge is 4.00 e. The van der Waals surface area contributed by atoms with Gasteiger partial charge in [-0.2, -0.15) is 0 Å². The molecule has 0 rings (SSSR count). The normalized spacial score (nSPS) is 0. The second-order valence-corrected chi connectivity index (χ2v) is 0. The van der Waals surface area contributed by atoms with Crippen LogP contribution in [0.15, 0.2) is 0 Å². The van der Waals surface area contributed by atoms with Gasteiger partial charge in [0.25, 0.3) is 0 Å². The van der Waals surface area contributed by atoms with E-state index in [-0.39, 0.29) is 114 Å². The number of hydrogen-bond acceptors (Lipinski definition) is 0. The summed E-state index contributed by atoms with van der Waals surface area (Å²) in [5.74, 6) is 0. The predicted octanol–water partition coefficient (Wildman–Crippen LogP) is -16.4. The Labute approximate surface area is 112 Å². The van der Waals surface area contributed by atoms with Crippen LogP contribution in [0.3, 0.4) is 0 Å². The molecular formula is H4BCl4NaZr. The van der Waals surface area contributed by atoms with Crippen molar-refractivity contribution >= 4 is 8.41 Å². The van der Waals surface area contributed by atoms with Crippen molar-refractivity contribution in [2.24, 2.45) is 0 Å². The number of hydrogen-bond donors (Lipinski definition) is 0. The van der Waals surface area contributed by atoms with E-state index in [1.54, 1.807) is 0 Å². The van der Waals surface area contributed by atoms with Crippen LogP contribution in [-0.2, 0) is 26.2 Å². The van der Waals surface area contributed by atoms with Crippen molar-refractivity contribution in [3.8, 4) is 0 Å². The van der Waals surface area contributed by atoms with Gasteiger partial charge >= 0.3 is 55.8 Å². The average Bonchev–Trinajstić information content (AvgIpc) is 0. The summed E-state index contributed by atoms with van der Waals surface area (Å²) in [4.78, 5) is 0. The zero-order valence-electron chi connectivity index (χ0n) is 3.01. The molecule has 0 fully saturated rings. The van der Waals surface area contributed by atoms with Crippen LogP contribution in [0.2, 0.25) is 0 Å². The van der Waals surface area contributed by atoms with Gasteiger partial charge in [0.15, 0.2) is 0 Å². The van der Waals surface area contributed by atoms with Gasteiger partial charge < -0.3 is 49.6 Å². The summed E-state index contributed by atoms with van der Waals surface area (Å²) in [6.45, 7) is 0. The third kappa shape index (κ3) is 47.6. The molecule has 0 spiro atoms. The minimum absolute atomic E-state index is 0. The van der Waals surface area contributed by atoms with Crippen molar-refractivity contribution in [2.75, 3.05) is 0 Å². The molecule has 7 heteroatoms. The molecule has 0 aliphatic rings. The molecule has 0 aliphatic carbocycles. The van der Waals surface area contributed by atoms with E-state index in [1.165, 1.54) is 0 Å². The summed E-state index contributed by atoms with van der Waals surface area (Å²) >= 11 is 0. The average molecular weight is 271 g/mol. The molecule has 0 unspecified atom stereocenters. The van der Waals surface area contributed by atoms with E-state index in [4.69, 9.17) is 0 Å². The first kappa shape index (κ1) is 86.8. The van der Waals surface area contributed by atoms with Gasteiger partial charge in [-0.05, 0) is 0 Å². The van der Waals surface area contributed by atoms with Gasteiger partial charge in [0.1, 0.15) is 0 Å². The molecule has 0 aromatic carbocycles. The van der Waals surface area contributed by atoms with Crippen LogP contribution in [0.5, 0.6) is 0 Å². The van der Waals surface area contributed by atoms with Gasteiger partial charge in [-0.3, -0.25) is 0 Å². The molecule has 0 amide bonds. The van der Waals surface area contributed by atoms with Crippen LogP contribution < -0.4 is 79.2 Å². The summed E-state index contributed by atoms with van der Waals surface area (Å²) in [6.07, 6.45) is 0. The maximum Gasteiger partial charge on any atom is 4.00 e. The predicted molar refractivity (Wildman–Crippen MR) is 11.3 cm³/mol. The number of rotatable bonds is 0.